The summed E-state index contributed by atoms with van der Waals surface area (Å²) in [6.45, 7) is 10.5. The van der Waals surface area contributed by atoms with Crippen LogP contribution in [0.15, 0.2) is 12.3 Å². The molecule has 0 aromatic heterocycles. The highest BCUT2D eigenvalue weighted by Gasteiger charge is 2.37. The minimum absolute atomic E-state index is 1.06. The Hall–Kier alpha value is -0.163. The number of nitrogens with zero attached hydrogens (tertiary/aromatic N) is 2. The van der Waals surface area contributed by atoms with E-state index in [0.717, 1.165) is 13.1 Å². The second kappa shape index (κ2) is 5.54. The molecule has 1 atom stereocenters. The first-order valence-electron chi connectivity index (χ1n) is 4.84. The summed E-state index contributed by atoms with van der Waals surface area (Å²) in [4.78, 5) is 3.44. The van der Waals surface area contributed by atoms with Gasteiger partial charge in [0.2, 0.25) is 0 Å². The van der Waals surface area contributed by atoms with Crippen LogP contribution in [0.3, 0.4) is 0 Å². The SMILES string of the molecule is C=C[Si](NC)(N(C)C)N(CC)CC. The molecule has 0 amide bonds. The first kappa shape index (κ1) is 12.8. The van der Waals surface area contributed by atoms with Gasteiger partial charge < -0.3 is 9.55 Å². The predicted octanol–water partition coefficient (Wildman–Crippen LogP) is 0.773. The molecule has 0 rings (SSSR count). The van der Waals surface area contributed by atoms with Crippen molar-refractivity contribution >= 4 is 8.56 Å². The Morgan fingerprint density at radius 2 is 1.77 bits per heavy atom. The molecule has 0 saturated heterocycles. The van der Waals surface area contributed by atoms with Crippen LogP contribution in [0.25, 0.3) is 0 Å². The van der Waals surface area contributed by atoms with Gasteiger partial charge in [0.15, 0.2) is 0 Å². The second-order valence-corrected chi connectivity index (χ2v) is 7.13. The van der Waals surface area contributed by atoms with Gasteiger partial charge in [-0.3, -0.25) is 4.57 Å². The van der Waals surface area contributed by atoms with E-state index in [1.165, 1.54) is 0 Å². The van der Waals surface area contributed by atoms with E-state index in [9.17, 15) is 0 Å². The van der Waals surface area contributed by atoms with Gasteiger partial charge in [0.25, 0.3) is 0 Å². The van der Waals surface area contributed by atoms with E-state index in [4.69, 9.17) is 0 Å². The van der Waals surface area contributed by atoms with Crippen molar-refractivity contribution in [3.63, 3.8) is 0 Å². The minimum Gasteiger partial charge on any atom is -0.313 e. The molecular weight excluding hydrogens is 178 g/mol. The maximum Gasteiger partial charge on any atom is 0.312 e. The zero-order valence-electron chi connectivity index (χ0n) is 9.59. The molecule has 13 heavy (non-hydrogen) atoms. The summed E-state index contributed by atoms with van der Waals surface area (Å²) in [6, 6.07) is 0. The van der Waals surface area contributed by atoms with E-state index < -0.39 is 8.56 Å². The summed E-state index contributed by atoms with van der Waals surface area (Å²) in [5.41, 5.74) is 2.08. The van der Waals surface area contributed by atoms with Crippen molar-refractivity contribution in [2.75, 3.05) is 34.2 Å². The average Bonchev–Trinajstić information content (AvgIpc) is 2.13. The van der Waals surface area contributed by atoms with Crippen LogP contribution in [-0.4, -0.2) is 51.9 Å². The van der Waals surface area contributed by atoms with Crippen LogP contribution >= 0.6 is 0 Å². The highest BCUT2D eigenvalue weighted by Crippen LogP contribution is 2.09. The molecule has 0 heterocycles. The molecule has 0 radical (unpaired) electrons. The summed E-state index contributed by atoms with van der Waals surface area (Å²) >= 11 is 0. The monoisotopic (exact) mass is 201 g/mol. The summed E-state index contributed by atoms with van der Waals surface area (Å²) in [7, 11) is 4.48. The zero-order chi connectivity index (χ0) is 10.5. The lowest BCUT2D eigenvalue weighted by Crippen LogP contribution is -2.70. The molecule has 1 N–H and O–H groups in total. The molecule has 0 fully saturated rings. The first-order chi connectivity index (χ1) is 6.08. The van der Waals surface area contributed by atoms with Crippen LogP contribution in [-0.2, 0) is 0 Å². The molecule has 1 unspecified atom stereocenters. The van der Waals surface area contributed by atoms with Crippen molar-refractivity contribution in [1.82, 2.24) is 14.1 Å². The molecule has 0 aliphatic carbocycles. The standard InChI is InChI=1S/C9H23N3Si/c1-7-12(8-2)13(9-3,10-4)11(5)6/h9-10H,3,7-8H2,1-2,4-6H3. The Morgan fingerprint density at radius 1 is 1.31 bits per heavy atom. The topological polar surface area (TPSA) is 18.5 Å². The molecular formula is C9H23N3Si. The Bertz CT molecular complexity index is 157. The molecule has 0 saturated carbocycles. The number of rotatable bonds is 6. The Labute approximate surface area is 83.7 Å². The van der Waals surface area contributed by atoms with E-state index in [-0.39, 0.29) is 0 Å². The maximum absolute atomic E-state index is 3.96. The van der Waals surface area contributed by atoms with Crippen molar-refractivity contribution in [2.24, 2.45) is 0 Å². The van der Waals surface area contributed by atoms with E-state index in [1.807, 2.05) is 7.05 Å². The van der Waals surface area contributed by atoms with E-state index in [1.54, 1.807) is 0 Å². The smallest absolute Gasteiger partial charge is 0.312 e. The van der Waals surface area contributed by atoms with Crippen LogP contribution in [0.5, 0.6) is 0 Å². The van der Waals surface area contributed by atoms with Gasteiger partial charge in [-0.15, -0.1) is 6.58 Å². The Balaban J connectivity index is 4.82. The molecule has 0 aromatic rings. The molecule has 0 bridgehead atoms. The molecule has 3 nitrogen and oxygen atoms in total. The lowest BCUT2D eigenvalue weighted by molar-refractivity contribution is 0.395. The van der Waals surface area contributed by atoms with Gasteiger partial charge in [-0.2, -0.15) is 0 Å². The number of hydrogen-bond acceptors (Lipinski definition) is 3. The van der Waals surface area contributed by atoms with Gasteiger partial charge in [-0.25, -0.2) is 0 Å². The van der Waals surface area contributed by atoms with E-state index in [2.05, 4.69) is 54.3 Å². The van der Waals surface area contributed by atoms with Gasteiger partial charge in [-0.05, 0) is 34.2 Å². The molecule has 4 heteroatoms. The van der Waals surface area contributed by atoms with Crippen molar-refractivity contribution in [2.45, 2.75) is 13.8 Å². The van der Waals surface area contributed by atoms with Crippen LogP contribution in [0.2, 0.25) is 0 Å². The fourth-order valence-electron chi connectivity index (χ4n) is 1.78. The maximum atomic E-state index is 3.96. The van der Waals surface area contributed by atoms with Crippen molar-refractivity contribution < 1.29 is 0 Å². The minimum atomic E-state index is -1.77. The summed E-state index contributed by atoms with van der Waals surface area (Å²) < 4.78 is 4.73. The first-order valence-corrected chi connectivity index (χ1v) is 6.81. The fourth-order valence-corrected chi connectivity index (χ4v) is 4.90. The largest absolute Gasteiger partial charge is 0.313 e. The third kappa shape index (κ3) is 2.40. The van der Waals surface area contributed by atoms with Crippen molar-refractivity contribution in [1.29, 1.82) is 0 Å². The second-order valence-electron chi connectivity index (χ2n) is 3.25. The molecule has 0 spiro atoms. The quantitative estimate of drug-likeness (QED) is 0.641. The lowest BCUT2D eigenvalue weighted by atomic mass is 10.7. The van der Waals surface area contributed by atoms with Gasteiger partial charge >= 0.3 is 8.56 Å². The summed E-state index contributed by atoms with van der Waals surface area (Å²) in [6.07, 6.45) is 0. The molecule has 0 aliphatic heterocycles. The Kier molecular flexibility index (Phi) is 5.47. The molecule has 0 aliphatic rings. The molecule has 78 valence electrons. The van der Waals surface area contributed by atoms with Gasteiger partial charge in [0.05, 0.1) is 0 Å². The predicted molar refractivity (Wildman–Crippen MR) is 61.6 cm³/mol. The van der Waals surface area contributed by atoms with Gasteiger partial charge in [0.1, 0.15) is 0 Å². The Morgan fingerprint density at radius 3 is 1.85 bits per heavy atom. The van der Waals surface area contributed by atoms with Gasteiger partial charge in [0, 0.05) is 0 Å². The summed E-state index contributed by atoms with van der Waals surface area (Å²) in [5.74, 6) is 0. The van der Waals surface area contributed by atoms with Crippen LogP contribution < -0.4 is 4.98 Å². The summed E-state index contributed by atoms with van der Waals surface area (Å²) in [5, 5.41) is 0. The van der Waals surface area contributed by atoms with E-state index in [0.29, 0.717) is 0 Å². The van der Waals surface area contributed by atoms with Crippen molar-refractivity contribution in [3.05, 3.63) is 12.3 Å². The normalized spacial score (nSPS) is 16.2. The van der Waals surface area contributed by atoms with E-state index >= 15 is 0 Å². The third-order valence-corrected chi connectivity index (χ3v) is 6.85. The third-order valence-electron chi connectivity index (χ3n) is 2.58. The molecule has 0 aromatic carbocycles. The highest BCUT2D eigenvalue weighted by molar-refractivity contribution is 6.76. The van der Waals surface area contributed by atoms with Crippen LogP contribution in [0, 0.1) is 0 Å². The average molecular weight is 201 g/mol. The van der Waals surface area contributed by atoms with Crippen molar-refractivity contribution in [3.8, 4) is 0 Å². The van der Waals surface area contributed by atoms with Crippen LogP contribution in [0.4, 0.5) is 0 Å². The zero-order valence-corrected chi connectivity index (χ0v) is 10.6. The highest BCUT2D eigenvalue weighted by atomic mass is 28.4. The van der Waals surface area contributed by atoms with Crippen LogP contribution in [0.1, 0.15) is 13.8 Å². The fraction of sp³-hybridized carbons (Fsp3) is 0.778. The lowest BCUT2D eigenvalue weighted by Gasteiger charge is -2.42. The number of nitrogens with one attached hydrogen (secondary N) is 1. The van der Waals surface area contributed by atoms with Gasteiger partial charge in [-0.1, -0.05) is 19.5 Å². The number of hydrogen-bond donors (Lipinski definition) is 1.